The molecule has 14 heavy (non-hydrogen) atoms. The van der Waals surface area contributed by atoms with Gasteiger partial charge in [0.25, 0.3) is 0 Å². The van der Waals surface area contributed by atoms with Gasteiger partial charge >= 0.3 is 0 Å². The molecule has 0 saturated heterocycles. The number of aromatic nitrogens is 1. The molecular formula is C12H17NO. The van der Waals surface area contributed by atoms with E-state index in [1.165, 1.54) is 0 Å². The lowest BCUT2D eigenvalue weighted by atomic mass is 9.92. The minimum absolute atomic E-state index is 0.611. The number of hydrogen-bond acceptors (Lipinski definition) is 2. The molecule has 2 heteroatoms. The largest absolute Gasteiger partial charge is 0.385 e. The molecule has 1 aromatic rings. The van der Waals surface area contributed by atoms with Crippen LogP contribution in [-0.4, -0.2) is 10.1 Å². The number of aliphatic hydroxyl groups is 1. The van der Waals surface area contributed by atoms with Crippen LogP contribution in [0.25, 0.3) is 0 Å². The lowest BCUT2D eigenvalue weighted by Crippen LogP contribution is -2.21. The smallest absolute Gasteiger partial charge is 0.0914 e. The molecule has 0 radical (unpaired) electrons. The summed E-state index contributed by atoms with van der Waals surface area (Å²) < 4.78 is 0. The second-order valence-corrected chi connectivity index (χ2v) is 4.57. The molecule has 2 unspecified atom stereocenters. The van der Waals surface area contributed by atoms with Gasteiger partial charge in [-0.15, -0.1) is 0 Å². The summed E-state index contributed by atoms with van der Waals surface area (Å²) in [5.41, 5.74) is 1.37. The van der Waals surface area contributed by atoms with Crippen molar-refractivity contribution in [2.24, 2.45) is 5.92 Å². The number of pyridine rings is 1. The van der Waals surface area contributed by atoms with Crippen molar-refractivity contribution in [2.75, 3.05) is 0 Å². The van der Waals surface area contributed by atoms with Crippen molar-refractivity contribution in [3.63, 3.8) is 0 Å². The molecule has 1 aliphatic carbocycles. The first-order valence-corrected chi connectivity index (χ1v) is 5.26. The highest BCUT2D eigenvalue weighted by Gasteiger charge is 2.36. The van der Waals surface area contributed by atoms with Gasteiger partial charge in [0.05, 0.1) is 5.60 Å². The van der Waals surface area contributed by atoms with E-state index in [2.05, 4.69) is 11.9 Å². The fraction of sp³-hybridized carbons (Fsp3) is 0.583. The zero-order chi connectivity index (χ0) is 10.2. The van der Waals surface area contributed by atoms with Gasteiger partial charge in [-0.2, -0.15) is 0 Å². The molecule has 2 atom stereocenters. The first kappa shape index (κ1) is 9.66. The molecule has 1 saturated carbocycles. The maximum absolute atomic E-state index is 10.4. The third-order valence-corrected chi connectivity index (χ3v) is 3.19. The van der Waals surface area contributed by atoms with Gasteiger partial charge < -0.3 is 5.11 Å². The molecule has 1 aromatic heterocycles. The van der Waals surface area contributed by atoms with Crippen LogP contribution in [0, 0.1) is 12.8 Å². The third-order valence-electron chi connectivity index (χ3n) is 3.19. The van der Waals surface area contributed by atoms with Gasteiger partial charge in [0.2, 0.25) is 0 Å². The monoisotopic (exact) mass is 191 g/mol. The van der Waals surface area contributed by atoms with Crippen LogP contribution in [0.5, 0.6) is 0 Å². The van der Waals surface area contributed by atoms with E-state index < -0.39 is 5.60 Å². The van der Waals surface area contributed by atoms with Gasteiger partial charge in [0, 0.05) is 17.5 Å². The summed E-state index contributed by atoms with van der Waals surface area (Å²) in [5.74, 6) is 0.626. The Hall–Kier alpha value is -0.890. The second-order valence-electron chi connectivity index (χ2n) is 4.57. The summed E-state index contributed by atoms with van der Waals surface area (Å²) in [5, 5.41) is 10.4. The summed E-state index contributed by atoms with van der Waals surface area (Å²) in [6, 6.07) is 3.97. The Bertz CT molecular complexity index is 320. The maximum atomic E-state index is 10.4. The van der Waals surface area contributed by atoms with Crippen molar-refractivity contribution in [1.29, 1.82) is 0 Å². The van der Waals surface area contributed by atoms with Crippen molar-refractivity contribution in [3.05, 3.63) is 29.6 Å². The topological polar surface area (TPSA) is 33.1 Å². The summed E-state index contributed by atoms with van der Waals surface area (Å²) in [6.07, 6.45) is 4.67. The highest BCUT2D eigenvalue weighted by molar-refractivity contribution is 5.21. The summed E-state index contributed by atoms with van der Waals surface area (Å²) in [4.78, 5) is 4.23. The molecule has 0 spiro atoms. The van der Waals surface area contributed by atoms with Gasteiger partial charge in [-0.25, -0.2) is 0 Å². The molecule has 2 nitrogen and oxygen atoms in total. The zero-order valence-electron chi connectivity index (χ0n) is 8.83. The van der Waals surface area contributed by atoms with Crippen molar-refractivity contribution in [2.45, 2.75) is 38.7 Å². The van der Waals surface area contributed by atoms with E-state index in [1.807, 2.05) is 25.3 Å². The van der Waals surface area contributed by atoms with E-state index in [1.54, 1.807) is 0 Å². The highest BCUT2D eigenvalue weighted by atomic mass is 16.3. The molecule has 0 amide bonds. The molecule has 0 aromatic carbocycles. The highest BCUT2D eigenvalue weighted by Crippen LogP contribution is 2.41. The number of aryl methyl sites for hydroxylation is 1. The third kappa shape index (κ3) is 1.67. The fourth-order valence-corrected chi connectivity index (χ4v) is 2.27. The standard InChI is InChI=1S/C12H17NO/c1-9-5-6-12(14,7-9)11-4-3-10(2)13-8-11/h3-4,8-9,14H,5-7H2,1-2H3. The van der Waals surface area contributed by atoms with Crippen LogP contribution in [0.2, 0.25) is 0 Å². The van der Waals surface area contributed by atoms with Gasteiger partial charge in [-0.05, 0) is 38.2 Å². The van der Waals surface area contributed by atoms with Crippen molar-refractivity contribution < 1.29 is 5.11 Å². The van der Waals surface area contributed by atoms with Crippen LogP contribution < -0.4 is 0 Å². The molecule has 76 valence electrons. The van der Waals surface area contributed by atoms with Crippen molar-refractivity contribution >= 4 is 0 Å². The predicted octanol–water partition coefficient (Wildman–Crippen LogP) is 2.40. The van der Waals surface area contributed by atoms with Crippen LogP contribution in [0.3, 0.4) is 0 Å². The Labute approximate surface area is 85.0 Å². The van der Waals surface area contributed by atoms with Crippen LogP contribution in [0.4, 0.5) is 0 Å². The quantitative estimate of drug-likeness (QED) is 0.739. The van der Waals surface area contributed by atoms with E-state index >= 15 is 0 Å². The minimum atomic E-state index is -0.611. The normalized spacial score (nSPS) is 32.1. The first-order valence-electron chi connectivity index (χ1n) is 5.26. The molecule has 0 aliphatic heterocycles. The Morgan fingerprint density at radius 3 is 2.79 bits per heavy atom. The number of nitrogens with zero attached hydrogens (tertiary/aromatic N) is 1. The zero-order valence-corrected chi connectivity index (χ0v) is 8.83. The fourth-order valence-electron chi connectivity index (χ4n) is 2.27. The SMILES string of the molecule is Cc1ccc(C2(O)CCC(C)C2)cn1. The van der Waals surface area contributed by atoms with Crippen LogP contribution in [0.1, 0.15) is 37.4 Å². The summed E-state index contributed by atoms with van der Waals surface area (Å²) >= 11 is 0. The van der Waals surface area contributed by atoms with E-state index in [0.717, 1.165) is 30.5 Å². The van der Waals surface area contributed by atoms with E-state index in [-0.39, 0.29) is 0 Å². The Balaban J connectivity index is 2.26. The number of rotatable bonds is 1. The van der Waals surface area contributed by atoms with Crippen LogP contribution >= 0.6 is 0 Å². The molecule has 1 aliphatic rings. The summed E-state index contributed by atoms with van der Waals surface area (Å²) in [6.45, 7) is 4.16. The second kappa shape index (κ2) is 3.35. The maximum Gasteiger partial charge on any atom is 0.0914 e. The molecule has 1 N–H and O–H groups in total. The molecular weight excluding hydrogens is 174 g/mol. The summed E-state index contributed by atoms with van der Waals surface area (Å²) in [7, 11) is 0. The average Bonchev–Trinajstić information content (AvgIpc) is 2.48. The first-order chi connectivity index (χ1) is 6.60. The Morgan fingerprint density at radius 1 is 1.50 bits per heavy atom. The number of hydrogen-bond donors (Lipinski definition) is 1. The van der Waals surface area contributed by atoms with Gasteiger partial charge in [-0.3, -0.25) is 4.98 Å². The molecule has 1 heterocycles. The Morgan fingerprint density at radius 2 is 2.29 bits per heavy atom. The lowest BCUT2D eigenvalue weighted by molar-refractivity contribution is 0.0404. The molecule has 2 rings (SSSR count). The van der Waals surface area contributed by atoms with E-state index in [9.17, 15) is 5.11 Å². The van der Waals surface area contributed by atoms with Crippen molar-refractivity contribution in [1.82, 2.24) is 4.98 Å². The minimum Gasteiger partial charge on any atom is -0.385 e. The van der Waals surface area contributed by atoms with Crippen molar-refractivity contribution in [3.8, 4) is 0 Å². The average molecular weight is 191 g/mol. The van der Waals surface area contributed by atoms with Gasteiger partial charge in [-0.1, -0.05) is 13.0 Å². The lowest BCUT2D eigenvalue weighted by Gasteiger charge is -2.22. The predicted molar refractivity (Wildman–Crippen MR) is 55.9 cm³/mol. The van der Waals surface area contributed by atoms with Crippen LogP contribution in [-0.2, 0) is 5.60 Å². The van der Waals surface area contributed by atoms with E-state index in [0.29, 0.717) is 5.92 Å². The molecule has 1 fully saturated rings. The Kier molecular flexibility index (Phi) is 2.31. The van der Waals surface area contributed by atoms with E-state index in [4.69, 9.17) is 0 Å². The van der Waals surface area contributed by atoms with Gasteiger partial charge in [0.1, 0.15) is 0 Å². The van der Waals surface area contributed by atoms with Gasteiger partial charge in [0.15, 0.2) is 0 Å². The van der Waals surface area contributed by atoms with Crippen LogP contribution in [0.15, 0.2) is 18.3 Å². The molecule has 0 bridgehead atoms.